The number of nitrogens with one attached hydrogen (secondary N) is 1. The van der Waals surface area contributed by atoms with Crippen LogP contribution in [0.2, 0.25) is 0 Å². The van der Waals surface area contributed by atoms with Crippen molar-refractivity contribution in [3.05, 3.63) is 102 Å². The third-order valence-corrected chi connectivity index (χ3v) is 6.29. The van der Waals surface area contributed by atoms with E-state index in [1.807, 2.05) is 6.21 Å². The lowest BCUT2D eigenvalue weighted by Gasteiger charge is -2.35. The Kier molecular flexibility index (Phi) is 6.65. The molecule has 1 heterocycles. The van der Waals surface area contributed by atoms with Gasteiger partial charge in [0.2, 0.25) is 0 Å². The molecule has 1 N–H and O–H groups in total. The number of thioether (sulfide) groups is 1. The summed E-state index contributed by atoms with van der Waals surface area (Å²) in [6, 6.07) is 30.8. The highest BCUT2D eigenvalue weighted by molar-refractivity contribution is 7.98. The Bertz CT molecular complexity index is 862. The van der Waals surface area contributed by atoms with E-state index in [-0.39, 0.29) is 0 Å². The van der Waals surface area contributed by atoms with Crippen molar-refractivity contribution in [2.45, 2.75) is 10.9 Å². The fourth-order valence-electron chi connectivity index (χ4n) is 3.98. The van der Waals surface area contributed by atoms with Crippen LogP contribution >= 0.6 is 11.8 Å². The highest BCUT2D eigenvalue weighted by atomic mass is 32.2. The molecule has 3 aromatic carbocycles. The normalized spacial score (nSPS) is 15.3. The molecule has 1 fully saturated rings. The quantitative estimate of drug-likeness (QED) is 0.501. The molecular formula is C25H28N3S+. The van der Waals surface area contributed by atoms with Crippen LogP contribution in [-0.4, -0.2) is 43.7 Å². The maximum absolute atomic E-state index is 4.74. The molecule has 0 aromatic heterocycles. The second-order valence-electron chi connectivity index (χ2n) is 7.38. The number of benzene rings is 3. The Morgan fingerprint density at radius 1 is 0.828 bits per heavy atom. The molecule has 0 aliphatic carbocycles. The van der Waals surface area contributed by atoms with Gasteiger partial charge >= 0.3 is 0 Å². The molecule has 0 bridgehead atoms. The Labute approximate surface area is 178 Å². The predicted molar refractivity (Wildman–Crippen MR) is 123 cm³/mol. The van der Waals surface area contributed by atoms with Crippen molar-refractivity contribution in [3.63, 3.8) is 0 Å². The van der Waals surface area contributed by atoms with Crippen molar-refractivity contribution in [2.75, 3.05) is 32.4 Å². The first kappa shape index (κ1) is 19.7. The molecule has 0 atom stereocenters. The van der Waals surface area contributed by atoms with Crippen LogP contribution in [0.1, 0.15) is 22.7 Å². The van der Waals surface area contributed by atoms with Gasteiger partial charge in [-0.3, -0.25) is 5.01 Å². The summed E-state index contributed by atoms with van der Waals surface area (Å²) >= 11 is 1.77. The first-order valence-corrected chi connectivity index (χ1v) is 11.4. The Morgan fingerprint density at radius 2 is 1.38 bits per heavy atom. The summed E-state index contributed by atoms with van der Waals surface area (Å²) < 4.78 is 0. The summed E-state index contributed by atoms with van der Waals surface area (Å²) in [5, 5.41) is 6.94. The largest absolute Gasteiger partial charge is 0.322 e. The van der Waals surface area contributed by atoms with Crippen molar-refractivity contribution in [1.82, 2.24) is 5.01 Å². The average molecular weight is 403 g/mol. The van der Waals surface area contributed by atoms with Crippen LogP contribution in [0.5, 0.6) is 0 Å². The maximum atomic E-state index is 4.74. The smallest absolute Gasteiger partial charge is 0.139 e. The first-order chi connectivity index (χ1) is 14.3. The number of hydrogen-bond acceptors (Lipinski definition) is 3. The van der Waals surface area contributed by atoms with Crippen molar-refractivity contribution < 1.29 is 4.90 Å². The number of quaternary nitrogens is 1. The lowest BCUT2D eigenvalue weighted by atomic mass is 9.96. The molecule has 0 saturated carbocycles. The number of piperazine rings is 1. The third kappa shape index (κ3) is 5.08. The van der Waals surface area contributed by atoms with E-state index in [9.17, 15) is 0 Å². The minimum absolute atomic E-state index is 0.377. The number of hydrogen-bond donors (Lipinski definition) is 1. The molecule has 3 aromatic rings. The van der Waals surface area contributed by atoms with Gasteiger partial charge in [0.25, 0.3) is 0 Å². The summed E-state index contributed by atoms with van der Waals surface area (Å²) in [5.74, 6) is 0. The van der Waals surface area contributed by atoms with Gasteiger partial charge in [0.1, 0.15) is 6.04 Å². The molecular weight excluding hydrogens is 374 g/mol. The lowest BCUT2D eigenvalue weighted by Crippen LogP contribution is -3.15. The second kappa shape index (κ2) is 9.77. The number of nitrogens with zero attached hydrogens (tertiary/aromatic N) is 2. The minimum atomic E-state index is 0.377. The second-order valence-corrected chi connectivity index (χ2v) is 8.26. The van der Waals surface area contributed by atoms with Gasteiger partial charge < -0.3 is 4.90 Å². The molecule has 1 aliphatic rings. The molecule has 0 amide bonds. The van der Waals surface area contributed by atoms with Gasteiger partial charge in [-0.25, -0.2) is 0 Å². The monoisotopic (exact) mass is 402 g/mol. The standard InChI is InChI=1S/C25H27N3S/c1-29-24-14-12-21(13-15-24)20-26-28-18-16-27(17-19-28)25(22-8-4-2-5-9-22)23-10-6-3-7-11-23/h2-15,20,25H,16-19H2,1H3/p+1/b26-20-. The van der Waals surface area contributed by atoms with Crippen LogP contribution in [0.25, 0.3) is 0 Å². The highest BCUT2D eigenvalue weighted by Gasteiger charge is 2.29. The van der Waals surface area contributed by atoms with Gasteiger partial charge in [0.05, 0.1) is 32.4 Å². The maximum Gasteiger partial charge on any atom is 0.139 e. The van der Waals surface area contributed by atoms with Crippen LogP contribution in [-0.2, 0) is 0 Å². The van der Waals surface area contributed by atoms with Crippen LogP contribution < -0.4 is 4.90 Å². The summed E-state index contributed by atoms with van der Waals surface area (Å²) in [6.45, 7) is 4.12. The van der Waals surface area contributed by atoms with E-state index in [1.54, 1.807) is 16.7 Å². The van der Waals surface area contributed by atoms with E-state index in [2.05, 4.69) is 96.2 Å². The topological polar surface area (TPSA) is 20.0 Å². The van der Waals surface area contributed by atoms with Gasteiger partial charge in [-0.05, 0) is 24.0 Å². The number of rotatable bonds is 6. The van der Waals surface area contributed by atoms with Crippen LogP contribution in [0.3, 0.4) is 0 Å². The molecule has 1 saturated heterocycles. The molecule has 4 rings (SSSR count). The van der Waals surface area contributed by atoms with Gasteiger partial charge in [0.15, 0.2) is 0 Å². The Hall–Kier alpha value is -2.56. The zero-order chi connectivity index (χ0) is 19.9. The zero-order valence-electron chi connectivity index (χ0n) is 16.9. The molecule has 29 heavy (non-hydrogen) atoms. The predicted octanol–water partition coefficient (Wildman–Crippen LogP) is 3.73. The van der Waals surface area contributed by atoms with Gasteiger partial charge in [0, 0.05) is 16.0 Å². The van der Waals surface area contributed by atoms with Crippen molar-refractivity contribution in [2.24, 2.45) is 5.10 Å². The Balaban J connectivity index is 1.43. The van der Waals surface area contributed by atoms with Crippen molar-refractivity contribution in [1.29, 1.82) is 0 Å². The Morgan fingerprint density at radius 3 is 1.90 bits per heavy atom. The van der Waals surface area contributed by atoms with E-state index >= 15 is 0 Å². The van der Waals surface area contributed by atoms with Crippen LogP contribution in [0.15, 0.2) is 94.9 Å². The summed E-state index contributed by atoms with van der Waals surface area (Å²) in [4.78, 5) is 2.89. The molecule has 148 valence electrons. The minimum Gasteiger partial charge on any atom is -0.322 e. The van der Waals surface area contributed by atoms with Crippen LogP contribution in [0, 0.1) is 0 Å². The zero-order valence-corrected chi connectivity index (χ0v) is 17.7. The molecule has 3 nitrogen and oxygen atoms in total. The average Bonchev–Trinajstić information content (AvgIpc) is 2.80. The highest BCUT2D eigenvalue weighted by Crippen LogP contribution is 2.19. The van der Waals surface area contributed by atoms with E-state index in [0.717, 1.165) is 31.7 Å². The van der Waals surface area contributed by atoms with E-state index in [1.165, 1.54) is 16.0 Å². The molecule has 0 radical (unpaired) electrons. The van der Waals surface area contributed by atoms with Gasteiger partial charge in [-0.15, -0.1) is 11.8 Å². The van der Waals surface area contributed by atoms with E-state index in [4.69, 9.17) is 5.10 Å². The molecule has 0 unspecified atom stereocenters. The first-order valence-electron chi connectivity index (χ1n) is 10.2. The van der Waals surface area contributed by atoms with Gasteiger partial charge in [-0.1, -0.05) is 72.8 Å². The van der Waals surface area contributed by atoms with Crippen molar-refractivity contribution >= 4 is 18.0 Å². The van der Waals surface area contributed by atoms with E-state index < -0.39 is 0 Å². The van der Waals surface area contributed by atoms with Gasteiger partial charge in [-0.2, -0.15) is 5.10 Å². The molecule has 1 aliphatic heterocycles. The summed E-state index contributed by atoms with van der Waals surface area (Å²) in [5.41, 5.74) is 3.93. The third-order valence-electron chi connectivity index (χ3n) is 5.54. The van der Waals surface area contributed by atoms with Crippen molar-refractivity contribution in [3.8, 4) is 0 Å². The molecule has 0 spiro atoms. The van der Waals surface area contributed by atoms with E-state index in [0.29, 0.717) is 6.04 Å². The lowest BCUT2D eigenvalue weighted by molar-refractivity contribution is -0.929. The summed E-state index contributed by atoms with van der Waals surface area (Å²) in [7, 11) is 0. The summed E-state index contributed by atoms with van der Waals surface area (Å²) in [6.07, 6.45) is 4.09. The van der Waals surface area contributed by atoms with Crippen LogP contribution in [0.4, 0.5) is 0 Å². The fourth-order valence-corrected chi connectivity index (χ4v) is 4.39. The number of hydrazone groups is 1. The SMILES string of the molecule is CSc1ccc(/C=N\N2CC[NH+](C(c3ccccc3)c3ccccc3)CC2)cc1. The fraction of sp³-hybridized carbons (Fsp3) is 0.240. The molecule has 4 heteroatoms.